The number of ether oxygens (including phenoxy) is 2. The highest BCUT2D eigenvalue weighted by atomic mass is 16.7. The first kappa shape index (κ1) is 61.6. The number of aliphatic hydroxyl groups excluding tert-OH is 6. The van der Waals surface area contributed by atoms with Crippen molar-refractivity contribution in [2.45, 2.75) is 307 Å². The summed E-state index contributed by atoms with van der Waals surface area (Å²) in [5.41, 5.74) is 0. The molecule has 0 aromatic carbocycles. The number of hydrogen-bond donors (Lipinski definition) is 7. The van der Waals surface area contributed by atoms with Crippen molar-refractivity contribution in [3.8, 4) is 0 Å². The predicted octanol–water partition coefficient (Wildman–Crippen LogP) is 12.0. The smallest absolute Gasteiger partial charge is 0.249 e. The number of unbranched alkanes of at least 4 members (excludes halogenated alkanes) is 34. The van der Waals surface area contributed by atoms with E-state index in [1.165, 1.54) is 193 Å². The number of aliphatic hydroxyl groups is 6. The van der Waals surface area contributed by atoms with Gasteiger partial charge in [-0.25, -0.2) is 0 Å². The lowest BCUT2D eigenvalue weighted by atomic mass is 9.99. The molecule has 0 aromatic rings. The molecular weight excluding hydrogens is 819 g/mol. The van der Waals surface area contributed by atoms with Gasteiger partial charge in [0.2, 0.25) is 5.91 Å². The molecule has 0 spiro atoms. The van der Waals surface area contributed by atoms with E-state index in [1.807, 2.05) is 6.08 Å². The molecular formula is C55H105NO9. The number of rotatable bonds is 47. The highest BCUT2D eigenvalue weighted by Crippen LogP contribution is 2.23. The van der Waals surface area contributed by atoms with Crippen molar-refractivity contribution >= 4 is 5.91 Å². The summed E-state index contributed by atoms with van der Waals surface area (Å²) >= 11 is 0. The van der Waals surface area contributed by atoms with E-state index in [4.69, 9.17) is 9.47 Å². The first-order valence-electron chi connectivity index (χ1n) is 27.7. The quantitative estimate of drug-likeness (QED) is 0.0232. The van der Waals surface area contributed by atoms with Gasteiger partial charge in [-0.1, -0.05) is 250 Å². The van der Waals surface area contributed by atoms with Crippen LogP contribution >= 0.6 is 0 Å². The Morgan fingerprint density at radius 1 is 0.523 bits per heavy atom. The maximum atomic E-state index is 13.1. The Hall–Kier alpha value is -1.37. The molecule has 0 saturated carbocycles. The lowest BCUT2D eigenvalue weighted by Gasteiger charge is -2.40. The van der Waals surface area contributed by atoms with E-state index in [9.17, 15) is 35.4 Å². The van der Waals surface area contributed by atoms with E-state index in [2.05, 4.69) is 31.3 Å². The van der Waals surface area contributed by atoms with E-state index in [1.54, 1.807) is 6.08 Å². The van der Waals surface area contributed by atoms with Crippen molar-refractivity contribution < 1.29 is 44.9 Å². The van der Waals surface area contributed by atoms with Gasteiger partial charge in [-0.3, -0.25) is 4.79 Å². The van der Waals surface area contributed by atoms with Crippen LogP contribution in [0.2, 0.25) is 0 Å². The first-order chi connectivity index (χ1) is 31.8. The third kappa shape index (κ3) is 34.6. The largest absolute Gasteiger partial charge is 0.394 e. The van der Waals surface area contributed by atoms with E-state index < -0.39 is 61.5 Å². The van der Waals surface area contributed by atoms with Crippen molar-refractivity contribution in [3.63, 3.8) is 0 Å². The Balaban J connectivity index is 2.20. The molecule has 0 radical (unpaired) electrons. The molecule has 1 amide bonds. The molecule has 1 fully saturated rings. The van der Waals surface area contributed by atoms with Crippen LogP contribution in [0.4, 0.5) is 0 Å². The van der Waals surface area contributed by atoms with E-state index in [0.717, 1.165) is 38.5 Å². The van der Waals surface area contributed by atoms with Crippen LogP contribution < -0.4 is 5.32 Å². The van der Waals surface area contributed by atoms with Crippen molar-refractivity contribution in [1.29, 1.82) is 0 Å². The van der Waals surface area contributed by atoms with Crippen LogP contribution in [-0.4, -0.2) is 98.7 Å². The normalized spacial score (nSPS) is 20.5. The second-order valence-electron chi connectivity index (χ2n) is 19.5. The minimum atomic E-state index is -1.61. The monoisotopic (exact) mass is 924 g/mol. The fraction of sp³-hybridized carbons (Fsp3) is 0.909. The number of hydrogen-bond acceptors (Lipinski definition) is 9. The summed E-state index contributed by atoms with van der Waals surface area (Å²) in [6, 6.07) is -0.993. The molecule has 1 aliphatic rings. The van der Waals surface area contributed by atoms with Gasteiger partial charge in [-0.15, -0.1) is 0 Å². The van der Waals surface area contributed by atoms with Crippen molar-refractivity contribution in [2.24, 2.45) is 0 Å². The fourth-order valence-corrected chi connectivity index (χ4v) is 8.89. The van der Waals surface area contributed by atoms with Gasteiger partial charge >= 0.3 is 0 Å². The summed E-state index contributed by atoms with van der Waals surface area (Å²) in [5.74, 6) is -0.623. The Bertz CT molecular complexity index is 1090. The number of nitrogens with one attached hydrogen (secondary N) is 1. The minimum absolute atomic E-state index is 0.308. The van der Waals surface area contributed by atoms with Gasteiger partial charge in [0.15, 0.2) is 6.29 Å². The van der Waals surface area contributed by atoms with Crippen LogP contribution in [0.3, 0.4) is 0 Å². The average molecular weight is 924 g/mol. The summed E-state index contributed by atoms with van der Waals surface area (Å²) < 4.78 is 11.1. The summed E-state index contributed by atoms with van der Waals surface area (Å²) in [4.78, 5) is 13.1. The standard InChI is InChI=1S/C55H105NO9/c1-3-5-7-9-11-13-15-17-18-19-20-21-22-23-24-25-26-27-28-29-30-31-32-34-36-38-40-42-44-49(59)54(63)56-47(46-64-55-53(62)52(61)51(60)50(45-57)65-55)48(58)43-41-39-37-35-33-16-14-12-10-8-6-4-2/h33,35,41,43,47-53,55,57-62H,3-32,34,36-40,42,44-46H2,1-2H3,(H,56,63)/b35-33+,43-41+. The maximum Gasteiger partial charge on any atom is 0.249 e. The summed E-state index contributed by atoms with van der Waals surface area (Å²) in [6.07, 6.45) is 45.9. The van der Waals surface area contributed by atoms with Crippen LogP contribution in [0, 0.1) is 0 Å². The zero-order valence-corrected chi connectivity index (χ0v) is 42.1. The Morgan fingerprint density at radius 3 is 1.34 bits per heavy atom. The van der Waals surface area contributed by atoms with Crippen molar-refractivity contribution in [1.82, 2.24) is 5.32 Å². The minimum Gasteiger partial charge on any atom is -0.394 e. The molecule has 8 unspecified atom stereocenters. The van der Waals surface area contributed by atoms with Crippen LogP contribution in [0.25, 0.3) is 0 Å². The van der Waals surface area contributed by atoms with Gasteiger partial charge in [-0.2, -0.15) is 0 Å². The number of carbonyl (C=O) groups is 1. The maximum absolute atomic E-state index is 13.1. The summed E-state index contributed by atoms with van der Waals surface area (Å²) in [5, 5.41) is 64.8. The van der Waals surface area contributed by atoms with Crippen LogP contribution in [0.1, 0.15) is 258 Å². The zero-order chi connectivity index (χ0) is 47.4. The second-order valence-corrected chi connectivity index (χ2v) is 19.5. The number of allylic oxidation sites excluding steroid dienone is 3. The SMILES string of the molecule is CCCCCCCC/C=C/CC/C=C/C(O)C(COC1OC(CO)C(O)C(O)C1O)NC(=O)C(O)CCCCCCCCCCCCCCCCCCCCCCCCCCCCCC. The zero-order valence-electron chi connectivity index (χ0n) is 42.1. The molecule has 1 heterocycles. The van der Waals surface area contributed by atoms with Gasteiger partial charge in [0.05, 0.1) is 25.4 Å². The van der Waals surface area contributed by atoms with Gasteiger partial charge in [0.1, 0.15) is 30.5 Å². The molecule has 1 saturated heterocycles. The Kier molecular flexibility index (Phi) is 42.8. The van der Waals surface area contributed by atoms with Crippen molar-refractivity contribution in [2.75, 3.05) is 13.2 Å². The molecule has 65 heavy (non-hydrogen) atoms. The molecule has 10 heteroatoms. The molecule has 0 bridgehead atoms. The summed E-state index contributed by atoms with van der Waals surface area (Å²) in [6.45, 7) is 3.60. The highest BCUT2D eigenvalue weighted by Gasteiger charge is 2.44. The Labute approximate surface area is 399 Å². The van der Waals surface area contributed by atoms with Crippen LogP contribution in [0.15, 0.2) is 24.3 Å². The third-order valence-corrected chi connectivity index (χ3v) is 13.4. The first-order valence-corrected chi connectivity index (χ1v) is 27.7. The summed E-state index contributed by atoms with van der Waals surface area (Å²) in [7, 11) is 0. The van der Waals surface area contributed by atoms with Crippen LogP contribution in [0.5, 0.6) is 0 Å². The van der Waals surface area contributed by atoms with Gasteiger partial charge in [-0.05, 0) is 32.1 Å². The molecule has 0 aliphatic carbocycles. The van der Waals surface area contributed by atoms with E-state index in [0.29, 0.717) is 12.8 Å². The second kappa shape index (κ2) is 45.1. The highest BCUT2D eigenvalue weighted by molar-refractivity contribution is 5.80. The van der Waals surface area contributed by atoms with Gasteiger partial charge in [0.25, 0.3) is 0 Å². The number of amides is 1. The molecule has 8 atom stereocenters. The lowest BCUT2D eigenvalue weighted by molar-refractivity contribution is -0.302. The van der Waals surface area contributed by atoms with Gasteiger partial charge in [0, 0.05) is 0 Å². The molecule has 0 aromatic heterocycles. The van der Waals surface area contributed by atoms with Gasteiger partial charge < -0.3 is 45.4 Å². The van der Waals surface area contributed by atoms with E-state index in [-0.39, 0.29) is 6.61 Å². The molecule has 7 N–H and O–H groups in total. The molecule has 1 rings (SSSR count). The third-order valence-electron chi connectivity index (χ3n) is 13.4. The Morgan fingerprint density at radius 2 is 0.908 bits per heavy atom. The predicted molar refractivity (Wildman–Crippen MR) is 269 cm³/mol. The van der Waals surface area contributed by atoms with Crippen molar-refractivity contribution in [3.05, 3.63) is 24.3 Å². The fourth-order valence-electron chi connectivity index (χ4n) is 8.89. The topological polar surface area (TPSA) is 169 Å². The molecule has 384 valence electrons. The van der Waals surface area contributed by atoms with E-state index >= 15 is 0 Å². The number of carbonyl (C=O) groups excluding carboxylic acids is 1. The lowest BCUT2D eigenvalue weighted by Crippen LogP contribution is -2.60. The van der Waals surface area contributed by atoms with Crippen LogP contribution in [-0.2, 0) is 14.3 Å². The molecule has 10 nitrogen and oxygen atoms in total. The molecule has 1 aliphatic heterocycles. The average Bonchev–Trinajstić information content (AvgIpc) is 3.31.